The molecular formula is C29H33ClN4O2. The molecule has 0 bridgehead atoms. The number of nitrogens with one attached hydrogen (secondary N) is 1. The molecule has 0 radical (unpaired) electrons. The van der Waals surface area contributed by atoms with Crippen LogP contribution in [0.4, 0.5) is 4.79 Å². The van der Waals surface area contributed by atoms with Crippen molar-refractivity contribution >= 4 is 29.3 Å². The van der Waals surface area contributed by atoms with Crippen LogP contribution >= 0.6 is 11.6 Å². The molecule has 3 aromatic rings. The maximum absolute atomic E-state index is 13.0. The number of amides is 1. The standard InChI is InChI=1S/C29H33ClN4O2/c1-20(22-7-3-2-4-8-22)32-29(35)36-28-26-10-6-5-9-23(19-21-11-13-24(30)14-12-21)27(26)34(33-28)25-15-17-31-18-16-25/h11-20,22H,2-10H2,1H3,(H,32,35)/b23-19+/t20-/m0/s1. The summed E-state index contributed by atoms with van der Waals surface area (Å²) in [6.07, 6.45) is 15.1. The summed E-state index contributed by atoms with van der Waals surface area (Å²) in [7, 11) is 0. The van der Waals surface area contributed by atoms with Gasteiger partial charge < -0.3 is 10.1 Å². The van der Waals surface area contributed by atoms with Gasteiger partial charge in [0.2, 0.25) is 5.88 Å². The van der Waals surface area contributed by atoms with Crippen LogP contribution in [0.25, 0.3) is 17.3 Å². The molecule has 2 aliphatic carbocycles. The molecule has 1 saturated carbocycles. The second-order valence-electron chi connectivity index (χ2n) is 9.90. The normalized spacial score (nSPS) is 18.3. The number of fused-ring (bicyclic) bond motifs is 1. The number of allylic oxidation sites excluding steroid dienone is 1. The van der Waals surface area contributed by atoms with Crippen molar-refractivity contribution < 1.29 is 9.53 Å². The van der Waals surface area contributed by atoms with Crippen molar-refractivity contribution in [1.29, 1.82) is 0 Å². The van der Waals surface area contributed by atoms with Crippen LogP contribution in [0.2, 0.25) is 5.02 Å². The molecule has 0 saturated heterocycles. The Morgan fingerprint density at radius 2 is 1.78 bits per heavy atom. The Morgan fingerprint density at radius 3 is 2.53 bits per heavy atom. The molecule has 0 aliphatic heterocycles. The predicted octanol–water partition coefficient (Wildman–Crippen LogP) is 7.24. The van der Waals surface area contributed by atoms with Gasteiger partial charge in [0.05, 0.1) is 11.4 Å². The van der Waals surface area contributed by atoms with Crippen molar-refractivity contribution in [3.05, 3.63) is 70.6 Å². The van der Waals surface area contributed by atoms with Crippen LogP contribution in [0.1, 0.15) is 75.1 Å². The molecule has 2 aliphatic rings. The summed E-state index contributed by atoms with van der Waals surface area (Å²) in [5, 5.41) is 8.60. The van der Waals surface area contributed by atoms with Gasteiger partial charge in [0, 0.05) is 29.0 Å². The fraction of sp³-hybridized carbons (Fsp3) is 0.414. The Kier molecular flexibility index (Phi) is 7.71. The first-order valence-electron chi connectivity index (χ1n) is 13.1. The Bertz CT molecular complexity index is 1210. The van der Waals surface area contributed by atoms with E-state index in [9.17, 15) is 4.79 Å². The predicted molar refractivity (Wildman–Crippen MR) is 143 cm³/mol. The number of pyridine rings is 1. The molecule has 2 heterocycles. The van der Waals surface area contributed by atoms with Gasteiger partial charge in [0.25, 0.3) is 0 Å². The van der Waals surface area contributed by atoms with E-state index in [2.05, 4.69) is 23.3 Å². The smallest absolute Gasteiger partial charge is 0.389 e. The van der Waals surface area contributed by atoms with E-state index >= 15 is 0 Å². The van der Waals surface area contributed by atoms with Gasteiger partial charge in [-0.1, -0.05) is 43.0 Å². The van der Waals surface area contributed by atoms with Gasteiger partial charge in [-0.3, -0.25) is 4.98 Å². The van der Waals surface area contributed by atoms with E-state index in [1.54, 1.807) is 12.4 Å². The van der Waals surface area contributed by atoms with Gasteiger partial charge in [-0.25, -0.2) is 9.48 Å². The first-order valence-corrected chi connectivity index (χ1v) is 13.4. The van der Waals surface area contributed by atoms with Crippen LogP contribution in [-0.4, -0.2) is 26.9 Å². The summed E-state index contributed by atoms with van der Waals surface area (Å²) in [5.41, 5.74) is 5.10. The maximum Gasteiger partial charge on any atom is 0.414 e. The molecule has 1 atom stereocenters. The number of aromatic nitrogens is 3. The quantitative estimate of drug-likeness (QED) is 0.371. The molecule has 2 aromatic heterocycles. The van der Waals surface area contributed by atoms with Crippen LogP contribution < -0.4 is 10.1 Å². The minimum atomic E-state index is -0.428. The summed E-state index contributed by atoms with van der Waals surface area (Å²) in [5.74, 6) is 0.894. The highest BCUT2D eigenvalue weighted by Crippen LogP contribution is 2.38. The molecule has 6 nitrogen and oxygen atoms in total. The topological polar surface area (TPSA) is 69.0 Å². The van der Waals surface area contributed by atoms with E-state index in [4.69, 9.17) is 21.4 Å². The van der Waals surface area contributed by atoms with Crippen molar-refractivity contribution in [3.8, 4) is 11.6 Å². The monoisotopic (exact) mass is 504 g/mol. The first-order chi connectivity index (χ1) is 17.6. The third-order valence-electron chi connectivity index (χ3n) is 7.38. The summed E-state index contributed by atoms with van der Waals surface area (Å²) < 4.78 is 7.80. The van der Waals surface area contributed by atoms with Crippen LogP contribution in [0.5, 0.6) is 5.88 Å². The lowest BCUT2D eigenvalue weighted by molar-refractivity contribution is 0.184. The maximum atomic E-state index is 13.0. The highest BCUT2D eigenvalue weighted by atomic mass is 35.5. The van der Waals surface area contributed by atoms with E-state index in [1.807, 2.05) is 41.1 Å². The van der Waals surface area contributed by atoms with Crippen molar-refractivity contribution in [3.63, 3.8) is 0 Å². The Hall–Kier alpha value is -3.12. The van der Waals surface area contributed by atoms with E-state index in [0.717, 1.165) is 61.0 Å². The molecule has 0 unspecified atom stereocenters. The zero-order valence-electron chi connectivity index (χ0n) is 20.8. The van der Waals surface area contributed by atoms with Crippen molar-refractivity contribution in [2.45, 2.75) is 70.8 Å². The Morgan fingerprint density at radius 1 is 1.06 bits per heavy atom. The van der Waals surface area contributed by atoms with Gasteiger partial charge >= 0.3 is 6.09 Å². The Labute approximate surface area is 217 Å². The van der Waals surface area contributed by atoms with Crippen molar-refractivity contribution in [1.82, 2.24) is 20.1 Å². The number of hydrogen-bond acceptors (Lipinski definition) is 4. The molecule has 1 amide bonds. The highest BCUT2D eigenvalue weighted by Gasteiger charge is 2.28. The van der Waals surface area contributed by atoms with Crippen molar-refractivity contribution in [2.75, 3.05) is 0 Å². The van der Waals surface area contributed by atoms with Crippen LogP contribution in [0.15, 0.2) is 48.8 Å². The van der Waals surface area contributed by atoms with E-state index < -0.39 is 6.09 Å². The molecule has 0 spiro atoms. The first kappa shape index (κ1) is 24.6. The van der Waals surface area contributed by atoms with Gasteiger partial charge in [-0.2, -0.15) is 0 Å². The number of nitrogens with zero attached hydrogens (tertiary/aromatic N) is 3. The fourth-order valence-corrected chi connectivity index (χ4v) is 5.56. The molecule has 1 fully saturated rings. The van der Waals surface area contributed by atoms with Gasteiger partial charge in [-0.15, -0.1) is 5.10 Å². The molecule has 5 rings (SSSR count). The minimum absolute atomic E-state index is 0.0825. The average molecular weight is 505 g/mol. The number of ether oxygens (including phenoxy) is 1. The lowest BCUT2D eigenvalue weighted by Gasteiger charge is -2.27. The number of benzene rings is 1. The molecular weight excluding hydrogens is 472 g/mol. The summed E-state index contributed by atoms with van der Waals surface area (Å²) >= 11 is 6.11. The van der Waals surface area contributed by atoms with Crippen LogP contribution in [0, 0.1) is 5.92 Å². The Balaban J connectivity index is 1.49. The van der Waals surface area contributed by atoms with Crippen LogP contribution in [0.3, 0.4) is 0 Å². The lowest BCUT2D eigenvalue weighted by atomic mass is 9.85. The number of halogens is 1. The largest absolute Gasteiger partial charge is 0.414 e. The fourth-order valence-electron chi connectivity index (χ4n) is 5.43. The lowest BCUT2D eigenvalue weighted by Crippen LogP contribution is -2.40. The number of hydrogen-bond donors (Lipinski definition) is 1. The van der Waals surface area contributed by atoms with Gasteiger partial charge in [0.1, 0.15) is 0 Å². The van der Waals surface area contributed by atoms with E-state index in [0.29, 0.717) is 16.8 Å². The third-order valence-corrected chi connectivity index (χ3v) is 7.64. The molecule has 1 aromatic carbocycles. The number of carbonyl (C=O) groups excluding carboxylic acids is 1. The summed E-state index contributed by atoms with van der Waals surface area (Å²) in [6.45, 7) is 2.08. The summed E-state index contributed by atoms with van der Waals surface area (Å²) in [4.78, 5) is 17.1. The van der Waals surface area contributed by atoms with Gasteiger partial charge in [0.15, 0.2) is 0 Å². The minimum Gasteiger partial charge on any atom is -0.389 e. The summed E-state index contributed by atoms with van der Waals surface area (Å²) in [6, 6.07) is 11.8. The molecule has 1 N–H and O–H groups in total. The van der Waals surface area contributed by atoms with Crippen molar-refractivity contribution in [2.24, 2.45) is 5.92 Å². The molecule has 7 heteroatoms. The number of rotatable bonds is 5. The second-order valence-corrected chi connectivity index (χ2v) is 10.3. The highest BCUT2D eigenvalue weighted by molar-refractivity contribution is 6.30. The third kappa shape index (κ3) is 5.65. The molecule has 36 heavy (non-hydrogen) atoms. The zero-order valence-corrected chi connectivity index (χ0v) is 21.5. The number of carbonyl (C=O) groups is 1. The van der Waals surface area contributed by atoms with E-state index in [-0.39, 0.29) is 6.04 Å². The zero-order chi connectivity index (χ0) is 24.9. The SMILES string of the molecule is C[C@H](NC(=O)Oc1nn(-c2ccncc2)c2c1CCCC/C2=C\c1ccc(Cl)cc1)C1CCCCC1. The van der Waals surface area contributed by atoms with Gasteiger partial charge in [-0.05, 0) is 92.8 Å². The van der Waals surface area contributed by atoms with E-state index in [1.165, 1.54) is 24.8 Å². The average Bonchev–Trinajstić information content (AvgIpc) is 3.12. The molecule has 188 valence electrons. The van der Waals surface area contributed by atoms with Crippen LogP contribution in [-0.2, 0) is 6.42 Å². The second kappa shape index (κ2) is 11.3.